The highest BCUT2D eigenvalue weighted by atomic mass is 15.2. The molecule has 2 unspecified atom stereocenters. The van der Waals surface area contributed by atoms with Crippen molar-refractivity contribution in [2.75, 3.05) is 46.3 Å². The van der Waals surface area contributed by atoms with E-state index in [1.165, 1.54) is 65.0 Å². The zero-order valence-electron chi connectivity index (χ0n) is 14.1. The van der Waals surface area contributed by atoms with Crippen LogP contribution < -0.4 is 5.32 Å². The fourth-order valence-corrected chi connectivity index (χ4v) is 3.75. The van der Waals surface area contributed by atoms with Crippen LogP contribution in [-0.4, -0.2) is 62.2 Å². The molecule has 3 nitrogen and oxygen atoms in total. The quantitative estimate of drug-likeness (QED) is 0.857. The molecule has 1 N–H and O–H groups in total. The van der Waals surface area contributed by atoms with Gasteiger partial charge in [0.25, 0.3) is 0 Å². The molecule has 0 aromatic rings. The zero-order valence-corrected chi connectivity index (χ0v) is 14.1. The lowest BCUT2D eigenvalue weighted by Crippen LogP contribution is -2.48. The molecule has 2 saturated heterocycles. The SMILES string of the molecule is CCC1CCN(CC2(C)CCN(C)CC2)CC(C)CN1. The number of nitrogens with one attached hydrogen (secondary N) is 1. The first-order valence-corrected chi connectivity index (χ1v) is 8.65. The summed E-state index contributed by atoms with van der Waals surface area (Å²) in [6, 6.07) is 0.727. The normalized spacial score (nSPS) is 33.6. The van der Waals surface area contributed by atoms with Crippen molar-refractivity contribution in [3.05, 3.63) is 0 Å². The molecule has 3 heteroatoms. The summed E-state index contributed by atoms with van der Waals surface area (Å²) >= 11 is 0. The second-order valence-corrected chi connectivity index (χ2v) is 7.76. The van der Waals surface area contributed by atoms with E-state index in [1.54, 1.807) is 0 Å². The van der Waals surface area contributed by atoms with Crippen LogP contribution in [-0.2, 0) is 0 Å². The summed E-state index contributed by atoms with van der Waals surface area (Å²) in [5.41, 5.74) is 0.542. The fourth-order valence-electron chi connectivity index (χ4n) is 3.75. The summed E-state index contributed by atoms with van der Waals surface area (Å²) in [5, 5.41) is 3.73. The fraction of sp³-hybridized carbons (Fsp3) is 1.00. The Morgan fingerprint density at radius 3 is 2.55 bits per heavy atom. The van der Waals surface area contributed by atoms with Gasteiger partial charge in [-0.1, -0.05) is 20.8 Å². The van der Waals surface area contributed by atoms with Crippen LogP contribution in [0.5, 0.6) is 0 Å². The molecule has 0 saturated carbocycles. The number of likely N-dealkylation sites (tertiary alicyclic amines) is 1. The van der Waals surface area contributed by atoms with E-state index >= 15 is 0 Å². The first-order valence-electron chi connectivity index (χ1n) is 8.65. The predicted molar refractivity (Wildman–Crippen MR) is 87.1 cm³/mol. The first kappa shape index (κ1) is 16.3. The van der Waals surface area contributed by atoms with Crippen molar-refractivity contribution in [3.63, 3.8) is 0 Å². The molecule has 0 aliphatic carbocycles. The van der Waals surface area contributed by atoms with Gasteiger partial charge in [-0.25, -0.2) is 0 Å². The Balaban J connectivity index is 1.89. The molecule has 2 fully saturated rings. The van der Waals surface area contributed by atoms with Crippen LogP contribution in [0.4, 0.5) is 0 Å². The molecule has 0 spiro atoms. The van der Waals surface area contributed by atoms with Crippen molar-refractivity contribution in [2.45, 2.75) is 52.5 Å². The Kier molecular flexibility index (Phi) is 5.88. The van der Waals surface area contributed by atoms with Crippen LogP contribution in [0.3, 0.4) is 0 Å². The maximum absolute atomic E-state index is 3.73. The predicted octanol–water partition coefficient (Wildman–Crippen LogP) is 2.43. The molecule has 0 bridgehead atoms. The Labute approximate surface area is 126 Å². The third kappa shape index (κ3) is 4.71. The van der Waals surface area contributed by atoms with Gasteiger partial charge in [0.2, 0.25) is 0 Å². The summed E-state index contributed by atoms with van der Waals surface area (Å²) < 4.78 is 0. The summed E-state index contributed by atoms with van der Waals surface area (Å²) in [6.07, 6.45) is 5.31. The molecule has 2 aliphatic rings. The van der Waals surface area contributed by atoms with Gasteiger partial charge in [0, 0.05) is 19.1 Å². The largest absolute Gasteiger partial charge is 0.314 e. The molecule has 118 valence electrons. The van der Waals surface area contributed by atoms with Crippen LogP contribution in [0.1, 0.15) is 46.5 Å². The maximum Gasteiger partial charge on any atom is 0.00767 e. The van der Waals surface area contributed by atoms with Gasteiger partial charge in [-0.15, -0.1) is 0 Å². The van der Waals surface area contributed by atoms with E-state index in [0.717, 1.165) is 12.0 Å². The molecule has 0 aromatic heterocycles. The Hall–Kier alpha value is -0.120. The van der Waals surface area contributed by atoms with E-state index in [4.69, 9.17) is 0 Å². The first-order chi connectivity index (χ1) is 9.50. The van der Waals surface area contributed by atoms with Gasteiger partial charge in [0.1, 0.15) is 0 Å². The summed E-state index contributed by atoms with van der Waals surface area (Å²) in [6.45, 7) is 14.8. The maximum atomic E-state index is 3.73. The number of nitrogens with zero attached hydrogens (tertiary/aromatic N) is 2. The molecule has 20 heavy (non-hydrogen) atoms. The van der Waals surface area contributed by atoms with Crippen molar-refractivity contribution >= 4 is 0 Å². The van der Waals surface area contributed by atoms with Crippen LogP contribution >= 0.6 is 0 Å². The lowest BCUT2D eigenvalue weighted by Gasteiger charge is -2.43. The summed E-state index contributed by atoms with van der Waals surface area (Å²) in [5.74, 6) is 0.777. The number of hydrogen-bond donors (Lipinski definition) is 1. The zero-order chi connectivity index (χ0) is 14.6. The molecule has 0 aromatic carbocycles. The van der Waals surface area contributed by atoms with Crippen molar-refractivity contribution in [1.82, 2.24) is 15.1 Å². The molecule has 0 amide bonds. The van der Waals surface area contributed by atoms with Gasteiger partial charge >= 0.3 is 0 Å². The van der Waals surface area contributed by atoms with Crippen molar-refractivity contribution in [3.8, 4) is 0 Å². The van der Waals surface area contributed by atoms with E-state index in [1.807, 2.05) is 0 Å². The Bertz CT molecular complexity index is 284. The van der Waals surface area contributed by atoms with Crippen LogP contribution in [0.2, 0.25) is 0 Å². The number of piperidine rings is 1. The second kappa shape index (κ2) is 7.24. The minimum Gasteiger partial charge on any atom is -0.314 e. The van der Waals surface area contributed by atoms with Crippen molar-refractivity contribution < 1.29 is 0 Å². The smallest absolute Gasteiger partial charge is 0.00767 e. The Morgan fingerprint density at radius 2 is 1.90 bits per heavy atom. The molecular formula is C17H35N3. The van der Waals surface area contributed by atoms with Crippen molar-refractivity contribution in [2.24, 2.45) is 11.3 Å². The van der Waals surface area contributed by atoms with Crippen molar-refractivity contribution in [1.29, 1.82) is 0 Å². The third-order valence-corrected chi connectivity index (χ3v) is 5.41. The van der Waals surface area contributed by atoms with Crippen LogP contribution in [0.25, 0.3) is 0 Å². The van der Waals surface area contributed by atoms with Gasteiger partial charge in [0.15, 0.2) is 0 Å². The second-order valence-electron chi connectivity index (χ2n) is 7.76. The molecular weight excluding hydrogens is 246 g/mol. The molecule has 2 rings (SSSR count). The lowest BCUT2D eigenvalue weighted by molar-refractivity contribution is 0.0729. The minimum absolute atomic E-state index is 0.542. The minimum atomic E-state index is 0.542. The number of rotatable bonds is 3. The van der Waals surface area contributed by atoms with E-state index < -0.39 is 0 Å². The van der Waals surface area contributed by atoms with Gasteiger partial charge in [-0.2, -0.15) is 0 Å². The van der Waals surface area contributed by atoms with Gasteiger partial charge in [-0.05, 0) is 70.2 Å². The van der Waals surface area contributed by atoms with Gasteiger partial charge in [0.05, 0.1) is 0 Å². The summed E-state index contributed by atoms with van der Waals surface area (Å²) in [4.78, 5) is 5.24. The van der Waals surface area contributed by atoms with Crippen LogP contribution in [0.15, 0.2) is 0 Å². The molecule has 2 atom stereocenters. The monoisotopic (exact) mass is 281 g/mol. The third-order valence-electron chi connectivity index (χ3n) is 5.41. The molecule has 2 heterocycles. The Morgan fingerprint density at radius 1 is 1.20 bits per heavy atom. The van der Waals surface area contributed by atoms with E-state index in [9.17, 15) is 0 Å². The topological polar surface area (TPSA) is 18.5 Å². The average molecular weight is 281 g/mol. The van der Waals surface area contributed by atoms with E-state index in [-0.39, 0.29) is 0 Å². The number of hydrogen-bond acceptors (Lipinski definition) is 3. The molecule has 0 radical (unpaired) electrons. The van der Waals surface area contributed by atoms with Gasteiger partial charge < -0.3 is 15.1 Å². The van der Waals surface area contributed by atoms with Gasteiger partial charge in [-0.3, -0.25) is 0 Å². The highest BCUT2D eigenvalue weighted by Gasteiger charge is 2.31. The lowest BCUT2D eigenvalue weighted by atomic mass is 9.79. The highest BCUT2D eigenvalue weighted by molar-refractivity contribution is 4.86. The molecule has 2 aliphatic heterocycles. The van der Waals surface area contributed by atoms with Crippen LogP contribution in [0, 0.1) is 11.3 Å². The summed E-state index contributed by atoms with van der Waals surface area (Å²) in [7, 11) is 2.26. The average Bonchev–Trinajstić information content (AvgIpc) is 2.40. The standard InChI is InChI=1S/C17H35N3/c1-5-16-6-9-20(13-15(2)12-18-16)14-17(3)7-10-19(4)11-8-17/h15-16,18H,5-14H2,1-4H3. The van der Waals surface area contributed by atoms with E-state index in [2.05, 4.69) is 42.9 Å². The highest BCUT2D eigenvalue weighted by Crippen LogP contribution is 2.31. The van der Waals surface area contributed by atoms with E-state index in [0.29, 0.717) is 5.41 Å².